The maximum Gasteiger partial charge on any atom is 0.310 e. The van der Waals surface area contributed by atoms with Crippen molar-refractivity contribution >= 4 is 29.2 Å². The van der Waals surface area contributed by atoms with Gasteiger partial charge in [0.05, 0.1) is 18.7 Å². The fourth-order valence-electron chi connectivity index (χ4n) is 2.84. The maximum absolute atomic E-state index is 12.9. The topological polar surface area (TPSA) is 67.7 Å². The van der Waals surface area contributed by atoms with E-state index >= 15 is 0 Å². The normalized spacial score (nSPS) is 15.1. The quantitative estimate of drug-likeness (QED) is 0.758. The maximum atomic E-state index is 12.9. The lowest BCUT2D eigenvalue weighted by Crippen LogP contribution is -2.48. The number of ether oxygens (including phenoxy) is 1. The Kier molecular flexibility index (Phi) is 5.54. The Bertz CT molecular complexity index is 696. The number of anilines is 1. The molecule has 1 aliphatic rings. The van der Waals surface area contributed by atoms with E-state index in [2.05, 4.69) is 5.10 Å². The average Bonchev–Trinajstić information content (AvgIpc) is 2.76. The van der Waals surface area contributed by atoms with Crippen LogP contribution in [-0.2, 0) is 21.4 Å². The summed E-state index contributed by atoms with van der Waals surface area (Å²) < 4.78 is 6.54. The van der Waals surface area contributed by atoms with Crippen molar-refractivity contribution in [3.8, 4) is 0 Å². The fourth-order valence-corrected chi connectivity index (χ4v) is 3.14. The number of carbonyl (C=O) groups is 2. The molecule has 1 aromatic rings. The van der Waals surface area contributed by atoms with Gasteiger partial charge in [0.25, 0.3) is 5.91 Å². The van der Waals surface area contributed by atoms with E-state index in [-0.39, 0.29) is 18.3 Å². The van der Waals surface area contributed by atoms with Crippen LogP contribution in [0.1, 0.15) is 32.4 Å². The Morgan fingerprint density at radius 2 is 2.08 bits per heavy atom. The Labute approximate surface area is 146 Å². The highest BCUT2D eigenvalue weighted by Gasteiger charge is 2.31. The first-order valence-electron chi connectivity index (χ1n) is 7.86. The monoisotopic (exact) mass is 354 g/mol. The van der Waals surface area contributed by atoms with Gasteiger partial charge in [-0.3, -0.25) is 19.3 Å². The highest BCUT2D eigenvalue weighted by Crippen LogP contribution is 2.32. The summed E-state index contributed by atoms with van der Waals surface area (Å²) in [7, 11) is 3.53. The minimum absolute atomic E-state index is 0.0113. The fraction of sp³-hybridized carbons (Fsp3) is 0.562. The van der Waals surface area contributed by atoms with E-state index in [1.165, 1.54) is 0 Å². The van der Waals surface area contributed by atoms with Crippen LogP contribution in [0.15, 0.2) is 11.1 Å². The molecule has 0 aromatic carbocycles. The highest BCUT2D eigenvalue weighted by atomic mass is 35.5. The molecule has 0 saturated carbocycles. The number of aromatic nitrogens is 2. The van der Waals surface area contributed by atoms with Crippen molar-refractivity contribution in [2.75, 3.05) is 25.2 Å². The molecule has 1 aromatic heterocycles. The number of hydrazine groups is 1. The number of amides is 1. The van der Waals surface area contributed by atoms with E-state index < -0.39 is 0 Å². The molecule has 0 spiro atoms. The van der Waals surface area contributed by atoms with Crippen molar-refractivity contribution < 1.29 is 14.3 Å². The third-order valence-electron chi connectivity index (χ3n) is 4.14. The van der Waals surface area contributed by atoms with E-state index in [0.29, 0.717) is 36.0 Å². The molecule has 24 heavy (non-hydrogen) atoms. The van der Waals surface area contributed by atoms with Gasteiger partial charge >= 0.3 is 5.97 Å². The molecule has 1 aliphatic heterocycles. The minimum Gasteiger partial charge on any atom is -0.466 e. The van der Waals surface area contributed by atoms with Gasteiger partial charge < -0.3 is 4.74 Å². The van der Waals surface area contributed by atoms with Crippen LogP contribution in [0.5, 0.6) is 0 Å². The standard InChI is InChI=1S/C16H23ClN4O3/c1-6-24-13(22)9-12-10(2)7-8-21(16(12)23)20(5)14-11(3)18-19(4)15(14)17/h6-9H2,1-5H3. The summed E-state index contributed by atoms with van der Waals surface area (Å²) >= 11 is 6.30. The summed E-state index contributed by atoms with van der Waals surface area (Å²) in [5.74, 6) is -0.589. The second-order valence-corrected chi connectivity index (χ2v) is 6.15. The predicted molar refractivity (Wildman–Crippen MR) is 91.6 cm³/mol. The number of aryl methyl sites for hydroxylation is 2. The molecule has 7 nitrogen and oxygen atoms in total. The molecular formula is C16H23ClN4O3. The zero-order chi connectivity index (χ0) is 18.0. The van der Waals surface area contributed by atoms with Crippen molar-refractivity contribution in [1.29, 1.82) is 0 Å². The lowest BCUT2D eigenvalue weighted by Gasteiger charge is -2.37. The predicted octanol–water partition coefficient (Wildman–Crippen LogP) is 2.24. The molecule has 0 radical (unpaired) electrons. The molecule has 0 bridgehead atoms. The first kappa shape index (κ1) is 18.3. The van der Waals surface area contributed by atoms with E-state index in [9.17, 15) is 9.59 Å². The van der Waals surface area contributed by atoms with Gasteiger partial charge in [0.15, 0.2) is 5.15 Å². The smallest absolute Gasteiger partial charge is 0.310 e. The summed E-state index contributed by atoms with van der Waals surface area (Å²) in [6, 6.07) is 0. The van der Waals surface area contributed by atoms with Gasteiger partial charge in [0, 0.05) is 26.2 Å². The number of rotatable bonds is 5. The molecule has 0 aliphatic carbocycles. The summed E-state index contributed by atoms with van der Waals surface area (Å²) in [5.41, 5.74) is 2.83. The van der Waals surface area contributed by atoms with Gasteiger partial charge in [-0.1, -0.05) is 17.2 Å². The molecule has 0 unspecified atom stereocenters. The second-order valence-electron chi connectivity index (χ2n) is 5.79. The van der Waals surface area contributed by atoms with Crippen molar-refractivity contribution in [2.45, 2.75) is 33.6 Å². The van der Waals surface area contributed by atoms with Crippen molar-refractivity contribution in [3.05, 3.63) is 22.0 Å². The summed E-state index contributed by atoms with van der Waals surface area (Å²) in [4.78, 5) is 24.7. The average molecular weight is 355 g/mol. The lowest BCUT2D eigenvalue weighted by atomic mass is 9.99. The Morgan fingerprint density at radius 1 is 1.42 bits per heavy atom. The van der Waals surface area contributed by atoms with Crippen LogP contribution in [0.4, 0.5) is 5.69 Å². The number of nitrogens with zero attached hydrogens (tertiary/aromatic N) is 4. The molecule has 0 N–H and O–H groups in total. The SMILES string of the molecule is CCOC(=O)CC1=C(C)CCN(N(C)c2c(C)nn(C)c2Cl)C1=O. The molecule has 0 saturated heterocycles. The molecule has 0 fully saturated rings. The van der Waals surface area contributed by atoms with Gasteiger partial charge in [-0.25, -0.2) is 5.01 Å². The summed E-state index contributed by atoms with van der Waals surface area (Å²) in [6.45, 7) is 6.29. The zero-order valence-electron chi connectivity index (χ0n) is 14.7. The van der Waals surface area contributed by atoms with Crippen LogP contribution in [0.3, 0.4) is 0 Å². The van der Waals surface area contributed by atoms with Gasteiger partial charge in [-0.05, 0) is 27.2 Å². The molecule has 0 atom stereocenters. The van der Waals surface area contributed by atoms with Gasteiger partial charge in [-0.15, -0.1) is 0 Å². The van der Waals surface area contributed by atoms with Crippen LogP contribution in [0, 0.1) is 6.92 Å². The third-order valence-corrected chi connectivity index (χ3v) is 4.56. The summed E-state index contributed by atoms with van der Waals surface area (Å²) in [6.07, 6.45) is 0.685. The largest absolute Gasteiger partial charge is 0.466 e. The van der Waals surface area contributed by atoms with Crippen LogP contribution < -0.4 is 5.01 Å². The molecule has 2 heterocycles. The number of carbonyl (C=O) groups excluding carboxylic acids is 2. The Hall–Kier alpha value is -2.02. The van der Waals surface area contributed by atoms with Crippen LogP contribution in [0.25, 0.3) is 0 Å². The summed E-state index contributed by atoms with van der Waals surface area (Å²) in [5, 5.41) is 8.04. The van der Waals surface area contributed by atoms with Crippen molar-refractivity contribution in [3.63, 3.8) is 0 Å². The van der Waals surface area contributed by atoms with E-state index in [4.69, 9.17) is 16.3 Å². The van der Waals surface area contributed by atoms with E-state index in [1.54, 1.807) is 35.7 Å². The highest BCUT2D eigenvalue weighted by molar-refractivity contribution is 6.32. The first-order valence-corrected chi connectivity index (χ1v) is 8.24. The van der Waals surface area contributed by atoms with Crippen LogP contribution in [0.2, 0.25) is 5.15 Å². The Morgan fingerprint density at radius 3 is 2.62 bits per heavy atom. The number of hydrogen-bond acceptors (Lipinski definition) is 5. The molecular weight excluding hydrogens is 332 g/mol. The van der Waals surface area contributed by atoms with Gasteiger partial charge in [0.2, 0.25) is 0 Å². The van der Waals surface area contributed by atoms with Crippen LogP contribution in [-0.4, -0.2) is 46.9 Å². The van der Waals surface area contributed by atoms with Gasteiger partial charge in [-0.2, -0.15) is 5.10 Å². The number of halogens is 1. The van der Waals surface area contributed by atoms with E-state index in [0.717, 1.165) is 11.3 Å². The number of hydrogen-bond donors (Lipinski definition) is 0. The first-order chi connectivity index (χ1) is 11.3. The third kappa shape index (κ3) is 3.40. The second kappa shape index (κ2) is 7.25. The van der Waals surface area contributed by atoms with E-state index in [1.807, 2.05) is 13.8 Å². The van der Waals surface area contributed by atoms with Crippen LogP contribution >= 0.6 is 11.6 Å². The Balaban J connectivity index is 2.27. The molecule has 8 heteroatoms. The number of esters is 1. The molecule has 1 amide bonds. The van der Waals surface area contributed by atoms with Crippen molar-refractivity contribution in [2.24, 2.45) is 7.05 Å². The minimum atomic E-state index is -0.389. The molecule has 132 valence electrons. The van der Waals surface area contributed by atoms with Gasteiger partial charge in [0.1, 0.15) is 5.69 Å². The lowest BCUT2D eigenvalue weighted by molar-refractivity contribution is -0.143. The van der Waals surface area contributed by atoms with Crippen molar-refractivity contribution in [1.82, 2.24) is 14.8 Å². The zero-order valence-corrected chi connectivity index (χ0v) is 15.5. The molecule has 2 rings (SSSR count).